The fraction of sp³-hybridized carbons (Fsp3) is 0.0392. The van der Waals surface area contributed by atoms with Crippen LogP contribution in [0.2, 0.25) is 0 Å². The van der Waals surface area contributed by atoms with E-state index in [-0.39, 0.29) is 12.0 Å². The Morgan fingerprint density at radius 1 is 0.382 bits per heavy atom. The normalized spacial score (nSPS) is 15.5. The highest BCUT2D eigenvalue weighted by Crippen LogP contribution is 2.48. The Morgan fingerprint density at radius 2 is 0.836 bits per heavy atom. The standard InChI is InChI=1S/C51H35N3O/c1-5-15-34(16-6-1)38-23-13-24-39(29-38)42-30-41(35-17-7-2-8-18-35)31-43(32-42)40-27-28-46-45(33-40)48-44(25-14-26-47(48)55-46)51-53-49(36-19-9-3-10-20-36)52-50(54-51)37-21-11-4-12-22-37/h1-33,45-46H. The lowest BCUT2D eigenvalue weighted by molar-refractivity contribution is 0.269. The molecule has 0 saturated heterocycles. The van der Waals surface area contributed by atoms with Crippen molar-refractivity contribution >= 4 is 5.57 Å². The lowest BCUT2D eigenvalue weighted by atomic mass is 9.83. The zero-order valence-corrected chi connectivity index (χ0v) is 30.0. The summed E-state index contributed by atoms with van der Waals surface area (Å²) in [6, 6.07) is 63.4. The largest absolute Gasteiger partial charge is 0.485 e. The molecule has 0 radical (unpaired) electrons. The van der Waals surface area contributed by atoms with Crippen molar-refractivity contribution in [2.24, 2.45) is 0 Å². The quantitative estimate of drug-likeness (QED) is 0.166. The highest BCUT2D eigenvalue weighted by molar-refractivity contribution is 5.86. The Balaban J connectivity index is 1.09. The summed E-state index contributed by atoms with van der Waals surface area (Å²) in [5.74, 6) is 2.73. The molecule has 2 heterocycles. The molecule has 8 aromatic rings. The SMILES string of the molecule is C1=CC2Oc3cccc(-c4nc(-c5ccccc5)nc(-c5ccccc5)n4)c3C2C=C1c1cc(-c2ccccc2)cc(-c2cccc(-c3ccccc3)c2)c1. The van der Waals surface area contributed by atoms with Crippen molar-refractivity contribution in [3.05, 3.63) is 211 Å². The van der Waals surface area contributed by atoms with Crippen LogP contribution in [0.3, 0.4) is 0 Å². The molecular weight excluding hydrogens is 671 g/mol. The number of fused-ring (bicyclic) bond motifs is 3. The van der Waals surface area contributed by atoms with Gasteiger partial charge in [0, 0.05) is 28.2 Å². The van der Waals surface area contributed by atoms with E-state index in [0.29, 0.717) is 17.5 Å². The van der Waals surface area contributed by atoms with E-state index >= 15 is 0 Å². The molecule has 4 nitrogen and oxygen atoms in total. The van der Waals surface area contributed by atoms with Gasteiger partial charge < -0.3 is 4.74 Å². The molecule has 260 valence electrons. The predicted octanol–water partition coefficient (Wildman–Crippen LogP) is 12.4. The molecule has 4 heteroatoms. The molecule has 0 fully saturated rings. The predicted molar refractivity (Wildman–Crippen MR) is 223 cm³/mol. The van der Waals surface area contributed by atoms with E-state index in [4.69, 9.17) is 19.7 Å². The van der Waals surface area contributed by atoms with Gasteiger partial charge in [-0.2, -0.15) is 0 Å². The highest BCUT2D eigenvalue weighted by Gasteiger charge is 2.36. The van der Waals surface area contributed by atoms with Gasteiger partial charge in [-0.25, -0.2) is 15.0 Å². The maximum Gasteiger partial charge on any atom is 0.164 e. The van der Waals surface area contributed by atoms with Crippen LogP contribution in [0.4, 0.5) is 0 Å². The second-order valence-electron chi connectivity index (χ2n) is 14.0. The van der Waals surface area contributed by atoms with Crippen molar-refractivity contribution in [3.63, 3.8) is 0 Å². The summed E-state index contributed by atoms with van der Waals surface area (Å²) in [5.41, 5.74) is 13.3. The number of hydrogen-bond donors (Lipinski definition) is 0. The second kappa shape index (κ2) is 14.0. The van der Waals surface area contributed by atoms with Gasteiger partial charge in [0.2, 0.25) is 0 Å². The van der Waals surface area contributed by atoms with Crippen molar-refractivity contribution < 1.29 is 4.74 Å². The summed E-state index contributed by atoms with van der Waals surface area (Å²) in [6.45, 7) is 0. The van der Waals surface area contributed by atoms with Crippen LogP contribution in [0.1, 0.15) is 17.0 Å². The van der Waals surface area contributed by atoms with Crippen LogP contribution < -0.4 is 4.74 Å². The molecule has 0 N–H and O–H groups in total. The number of hydrogen-bond acceptors (Lipinski definition) is 4. The molecule has 0 spiro atoms. The van der Waals surface area contributed by atoms with E-state index in [1.807, 2.05) is 66.7 Å². The average molecular weight is 706 g/mol. The van der Waals surface area contributed by atoms with E-state index in [2.05, 4.69) is 133 Å². The number of ether oxygens (including phenoxy) is 1. The molecule has 1 aromatic heterocycles. The topological polar surface area (TPSA) is 47.9 Å². The number of allylic oxidation sites excluding steroid dienone is 2. The van der Waals surface area contributed by atoms with Crippen LogP contribution in [0.25, 0.3) is 73.1 Å². The minimum atomic E-state index is -0.136. The fourth-order valence-corrected chi connectivity index (χ4v) is 7.74. The Kier molecular flexibility index (Phi) is 8.27. The first kappa shape index (κ1) is 32.5. The second-order valence-corrected chi connectivity index (χ2v) is 14.0. The Hall–Kier alpha value is -7.17. The van der Waals surface area contributed by atoms with Crippen LogP contribution in [0.15, 0.2) is 200 Å². The van der Waals surface area contributed by atoms with Crippen molar-refractivity contribution in [2.75, 3.05) is 0 Å². The lowest BCUT2D eigenvalue weighted by Gasteiger charge is -2.21. The lowest BCUT2D eigenvalue weighted by Crippen LogP contribution is -2.17. The first-order chi connectivity index (χ1) is 27.2. The highest BCUT2D eigenvalue weighted by atomic mass is 16.5. The zero-order valence-electron chi connectivity index (χ0n) is 30.0. The first-order valence-electron chi connectivity index (χ1n) is 18.7. The number of rotatable bonds is 7. The Morgan fingerprint density at radius 3 is 1.45 bits per heavy atom. The molecule has 1 aliphatic carbocycles. The molecule has 0 bridgehead atoms. The van der Waals surface area contributed by atoms with Crippen molar-refractivity contribution in [1.29, 1.82) is 0 Å². The molecule has 7 aromatic carbocycles. The minimum Gasteiger partial charge on any atom is -0.485 e. The van der Waals surface area contributed by atoms with E-state index in [0.717, 1.165) is 39.1 Å². The smallest absolute Gasteiger partial charge is 0.164 e. The van der Waals surface area contributed by atoms with Crippen molar-refractivity contribution in [2.45, 2.75) is 12.0 Å². The van der Waals surface area contributed by atoms with Crippen molar-refractivity contribution in [1.82, 2.24) is 15.0 Å². The summed E-state index contributed by atoms with van der Waals surface area (Å²) in [6.07, 6.45) is 6.65. The van der Waals surface area contributed by atoms with Gasteiger partial charge in [-0.15, -0.1) is 0 Å². The summed E-state index contributed by atoms with van der Waals surface area (Å²) in [4.78, 5) is 15.1. The third-order valence-corrected chi connectivity index (χ3v) is 10.5. The molecule has 2 aliphatic rings. The van der Waals surface area contributed by atoms with Gasteiger partial charge in [-0.1, -0.05) is 164 Å². The van der Waals surface area contributed by atoms with Crippen LogP contribution >= 0.6 is 0 Å². The third kappa shape index (κ3) is 6.34. The van der Waals surface area contributed by atoms with E-state index in [1.54, 1.807) is 0 Å². The minimum absolute atomic E-state index is 0.0337. The number of aromatic nitrogens is 3. The molecule has 2 atom stereocenters. The summed E-state index contributed by atoms with van der Waals surface area (Å²) in [7, 11) is 0. The monoisotopic (exact) mass is 705 g/mol. The molecular formula is C51H35N3O. The molecule has 2 unspecified atom stereocenters. The van der Waals surface area contributed by atoms with Crippen LogP contribution in [0.5, 0.6) is 5.75 Å². The molecule has 10 rings (SSSR count). The summed E-state index contributed by atoms with van der Waals surface area (Å²) < 4.78 is 6.63. The average Bonchev–Trinajstić information content (AvgIpc) is 3.66. The first-order valence-corrected chi connectivity index (χ1v) is 18.7. The fourth-order valence-electron chi connectivity index (χ4n) is 7.74. The summed E-state index contributed by atoms with van der Waals surface area (Å²) in [5, 5.41) is 0. The Bertz CT molecular complexity index is 2670. The van der Waals surface area contributed by atoms with Gasteiger partial charge in [-0.3, -0.25) is 0 Å². The van der Waals surface area contributed by atoms with Crippen LogP contribution in [-0.2, 0) is 0 Å². The van der Waals surface area contributed by atoms with E-state index in [1.165, 1.54) is 33.4 Å². The third-order valence-electron chi connectivity index (χ3n) is 10.5. The maximum atomic E-state index is 6.63. The van der Waals surface area contributed by atoms with E-state index < -0.39 is 0 Å². The van der Waals surface area contributed by atoms with Gasteiger partial charge in [0.25, 0.3) is 0 Å². The number of nitrogens with zero attached hydrogens (tertiary/aromatic N) is 3. The molecule has 0 saturated carbocycles. The molecule has 55 heavy (non-hydrogen) atoms. The maximum absolute atomic E-state index is 6.63. The summed E-state index contributed by atoms with van der Waals surface area (Å²) >= 11 is 0. The van der Waals surface area contributed by atoms with Gasteiger partial charge in [0.1, 0.15) is 11.9 Å². The van der Waals surface area contributed by atoms with Gasteiger partial charge in [-0.05, 0) is 80.9 Å². The van der Waals surface area contributed by atoms with Gasteiger partial charge >= 0.3 is 0 Å². The molecule has 1 aliphatic heterocycles. The van der Waals surface area contributed by atoms with E-state index in [9.17, 15) is 0 Å². The van der Waals surface area contributed by atoms with Crippen LogP contribution in [-0.4, -0.2) is 21.1 Å². The molecule has 0 amide bonds. The van der Waals surface area contributed by atoms with Crippen molar-refractivity contribution in [3.8, 4) is 73.3 Å². The van der Waals surface area contributed by atoms with Crippen LogP contribution in [0, 0.1) is 0 Å². The number of benzene rings is 7. The zero-order chi connectivity index (χ0) is 36.6. The Labute approximate surface area is 320 Å². The van der Waals surface area contributed by atoms with Gasteiger partial charge in [0.05, 0.1) is 0 Å². The van der Waals surface area contributed by atoms with Gasteiger partial charge in [0.15, 0.2) is 17.5 Å².